The third-order valence-corrected chi connectivity index (χ3v) is 3.21. The molecule has 1 aromatic heterocycles. The predicted octanol–water partition coefficient (Wildman–Crippen LogP) is 2.73. The fourth-order valence-electron chi connectivity index (χ4n) is 1.42. The van der Waals surface area contributed by atoms with Crippen molar-refractivity contribution in [2.75, 3.05) is 18.2 Å². The summed E-state index contributed by atoms with van der Waals surface area (Å²) in [5, 5.41) is 4.33. The molecule has 0 aliphatic heterocycles. The maximum absolute atomic E-state index is 13.2. The van der Waals surface area contributed by atoms with Crippen molar-refractivity contribution < 1.29 is 13.9 Å². The number of hydrogen-bond acceptors (Lipinski definition) is 4. The van der Waals surface area contributed by atoms with Crippen LogP contribution in [0.1, 0.15) is 9.67 Å². The van der Waals surface area contributed by atoms with Gasteiger partial charge in [-0.2, -0.15) is 0 Å². The van der Waals surface area contributed by atoms with Crippen molar-refractivity contribution in [3.05, 3.63) is 40.3 Å². The van der Waals surface area contributed by atoms with Crippen molar-refractivity contribution in [2.45, 2.75) is 0 Å². The third kappa shape index (κ3) is 2.43. The lowest BCUT2D eigenvalue weighted by Gasteiger charge is -2.06. The van der Waals surface area contributed by atoms with E-state index in [4.69, 9.17) is 10.5 Å². The minimum absolute atomic E-state index is 0.0432. The van der Waals surface area contributed by atoms with Crippen LogP contribution in [0.15, 0.2) is 29.6 Å². The first-order valence-corrected chi connectivity index (χ1v) is 5.97. The zero-order valence-corrected chi connectivity index (χ0v) is 10.4. The molecule has 1 aromatic carbocycles. The zero-order valence-electron chi connectivity index (χ0n) is 9.57. The van der Waals surface area contributed by atoms with Gasteiger partial charge >= 0.3 is 0 Å². The van der Waals surface area contributed by atoms with Crippen LogP contribution >= 0.6 is 11.3 Å². The van der Waals surface area contributed by atoms with Gasteiger partial charge in [0.15, 0.2) is 0 Å². The summed E-state index contributed by atoms with van der Waals surface area (Å²) in [5.41, 5.74) is 5.75. The van der Waals surface area contributed by atoms with Gasteiger partial charge in [0.05, 0.1) is 12.8 Å². The fraction of sp³-hybridized carbons (Fsp3) is 0.0833. The van der Waals surface area contributed by atoms with Crippen molar-refractivity contribution in [3.8, 4) is 5.75 Å². The molecule has 3 N–H and O–H groups in total. The minimum atomic E-state index is -0.564. The normalized spacial score (nSPS) is 10.1. The zero-order chi connectivity index (χ0) is 13.1. The molecule has 0 spiro atoms. The van der Waals surface area contributed by atoms with Crippen LogP contribution in [0.2, 0.25) is 0 Å². The van der Waals surface area contributed by atoms with Gasteiger partial charge in [-0.15, -0.1) is 11.3 Å². The van der Waals surface area contributed by atoms with Crippen molar-refractivity contribution >= 4 is 28.6 Å². The van der Waals surface area contributed by atoms with E-state index in [0.717, 1.165) is 0 Å². The standard InChI is InChI=1S/C12H11FN2O2S/c1-17-10-4-5-18-11(10)12(16)15-7-2-3-9(14)8(13)6-7/h2-6H,14H2,1H3,(H,15,16). The monoisotopic (exact) mass is 266 g/mol. The second-order valence-electron chi connectivity index (χ2n) is 3.51. The van der Waals surface area contributed by atoms with E-state index in [1.54, 1.807) is 11.4 Å². The smallest absolute Gasteiger partial charge is 0.269 e. The van der Waals surface area contributed by atoms with E-state index in [1.165, 1.54) is 36.6 Å². The number of nitrogen functional groups attached to an aromatic ring is 1. The molecule has 2 rings (SSSR count). The summed E-state index contributed by atoms with van der Waals surface area (Å²) in [7, 11) is 1.49. The number of thiophene rings is 1. The average Bonchev–Trinajstić information content (AvgIpc) is 2.82. The molecule has 0 aliphatic rings. The van der Waals surface area contributed by atoms with Gasteiger partial charge in [-0.1, -0.05) is 0 Å². The summed E-state index contributed by atoms with van der Waals surface area (Å²) < 4.78 is 18.3. The molecule has 0 unspecified atom stereocenters. The molecular weight excluding hydrogens is 255 g/mol. The Balaban J connectivity index is 2.19. The number of amides is 1. The van der Waals surface area contributed by atoms with Crippen LogP contribution < -0.4 is 15.8 Å². The lowest BCUT2D eigenvalue weighted by atomic mass is 10.2. The summed E-state index contributed by atoms with van der Waals surface area (Å²) in [6, 6.07) is 5.81. The number of nitrogens with two attached hydrogens (primary N) is 1. The number of anilines is 2. The van der Waals surface area contributed by atoms with E-state index in [-0.39, 0.29) is 11.6 Å². The van der Waals surface area contributed by atoms with Crippen LogP contribution in [0.5, 0.6) is 5.75 Å². The highest BCUT2D eigenvalue weighted by Gasteiger charge is 2.14. The number of nitrogens with one attached hydrogen (secondary N) is 1. The van der Waals surface area contributed by atoms with Crippen LogP contribution in [0, 0.1) is 5.82 Å². The fourth-order valence-corrected chi connectivity index (χ4v) is 2.17. The minimum Gasteiger partial charge on any atom is -0.495 e. The Bertz CT molecular complexity index is 583. The van der Waals surface area contributed by atoms with Gasteiger partial charge in [-0.05, 0) is 29.6 Å². The van der Waals surface area contributed by atoms with Crippen LogP contribution in [-0.2, 0) is 0 Å². The van der Waals surface area contributed by atoms with Crippen molar-refractivity contribution in [1.29, 1.82) is 0 Å². The number of rotatable bonds is 3. The molecule has 18 heavy (non-hydrogen) atoms. The summed E-state index contributed by atoms with van der Waals surface area (Å²) in [5.74, 6) is -0.412. The first-order valence-electron chi connectivity index (χ1n) is 5.09. The SMILES string of the molecule is COc1ccsc1C(=O)Nc1ccc(N)c(F)c1. The number of hydrogen-bond donors (Lipinski definition) is 2. The van der Waals surface area contributed by atoms with Crippen LogP contribution in [0.3, 0.4) is 0 Å². The van der Waals surface area contributed by atoms with Gasteiger partial charge in [-0.3, -0.25) is 4.79 Å². The molecule has 1 heterocycles. The highest BCUT2D eigenvalue weighted by Crippen LogP contribution is 2.25. The molecule has 1 amide bonds. The second kappa shape index (κ2) is 5.05. The van der Waals surface area contributed by atoms with E-state index in [2.05, 4.69) is 5.32 Å². The maximum atomic E-state index is 13.2. The maximum Gasteiger partial charge on any atom is 0.269 e. The number of carbonyl (C=O) groups excluding carboxylic acids is 1. The van der Waals surface area contributed by atoms with Crippen LogP contribution in [0.4, 0.5) is 15.8 Å². The Morgan fingerprint density at radius 3 is 2.89 bits per heavy atom. The summed E-state index contributed by atoms with van der Waals surface area (Å²) >= 11 is 1.25. The highest BCUT2D eigenvalue weighted by atomic mass is 32.1. The largest absolute Gasteiger partial charge is 0.495 e. The Hall–Kier alpha value is -2.08. The molecule has 0 bridgehead atoms. The predicted molar refractivity (Wildman–Crippen MR) is 69.6 cm³/mol. The molecule has 94 valence electrons. The number of methoxy groups -OCH3 is 1. The number of ether oxygens (including phenoxy) is 1. The van der Waals surface area contributed by atoms with Crippen LogP contribution in [-0.4, -0.2) is 13.0 Å². The molecule has 0 saturated heterocycles. The number of carbonyl (C=O) groups is 1. The van der Waals surface area contributed by atoms with Crippen molar-refractivity contribution in [1.82, 2.24) is 0 Å². The lowest BCUT2D eigenvalue weighted by molar-refractivity contribution is 0.102. The molecule has 0 saturated carbocycles. The van der Waals surface area contributed by atoms with E-state index >= 15 is 0 Å². The van der Waals surface area contributed by atoms with Crippen molar-refractivity contribution in [2.24, 2.45) is 0 Å². The van der Waals surface area contributed by atoms with E-state index in [0.29, 0.717) is 16.3 Å². The van der Waals surface area contributed by atoms with Crippen LogP contribution in [0.25, 0.3) is 0 Å². The Morgan fingerprint density at radius 1 is 1.44 bits per heavy atom. The summed E-state index contributed by atoms with van der Waals surface area (Å²) in [4.78, 5) is 12.4. The molecule has 2 aromatic rings. The first-order chi connectivity index (χ1) is 8.61. The molecule has 4 nitrogen and oxygen atoms in total. The topological polar surface area (TPSA) is 64.3 Å². The summed E-state index contributed by atoms with van der Waals surface area (Å²) in [6.45, 7) is 0. The molecule has 0 aliphatic carbocycles. The first kappa shape index (κ1) is 12.4. The van der Waals surface area contributed by atoms with Gasteiger partial charge in [0.2, 0.25) is 0 Å². The molecule has 0 atom stereocenters. The second-order valence-corrected chi connectivity index (χ2v) is 4.42. The quantitative estimate of drug-likeness (QED) is 0.839. The van der Waals surface area contributed by atoms with E-state index in [1.807, 2.05) is 0 Å². The van der Waals surface area contributed by atoms with Gasteiger partial charge in [-0.25, -0.2) is 4.39 Å². The summed E-state index contributed by atoms with van der Waals surface area (Å²) in [6.07, 6.45) is 0. The molecule has 0 radical (unpaired) electrons. The highest BCUT2D eigenvalue weighted by molar-refractivity contribution is 7.12. The van der Waals surface area contributed by atoms with Gasteiger partial charge in [0.25, 0.3) is 5.91 Å². The molecule has 0 fully saturated rings. The Labute approximate surface area is 107 Å². The van der Waals surface area contributed by atoms with Gasteiger partial charge in [0.1, 0.15) is 16.4 Å². The third-order valence-electron chi connectivity index (χ3n) is 2.31. The average molecular weight is 266 g/mol. The number of halogens is 1. The van der Waals surface area contributed by atoms with Gasteiger partial charge < -0.3 is 15.8 Å². The molecule has 6 heteroatoms. The van der Waals surface area contributed by atoms with Crippen molar-refractivity contribution in [3.63, 3.8) is 0 Å². The number of benzene rings is 1. The van der Waals surface area contributed by atoms with E-state index in [9.17, 15) is 9.18 Å². The molecular formula is C12H11FN2O2S. The van der Waals surface area contributed by atoms with Gasteiger partial charge in [0, 0.05) is 5.69 Å². The van der Waals surface area contributed by atoms with E-state index < -0.39 is 5.82 Å². The Kier molecular flexibility index (Phi) is 3.47. The lowest BCUT2D eigenvalue weighted by Crippen LogP contribution is -2.11. The Morgan fingerprint density at radius 2 is 2.22 bits per heavy atom.